The zero-order valence-corrected chi connectivity index (χ0v) is 11.5. The van der Waals surface area contributed by atoms with Gasteiger partial charge < -0.3 is 4.74 Å². The lowest BCUT2D eigenvalue weighted by molar-refractivity contribution is -0.144. The van der Waals surface area contributed by atoms with Gasteiger partial charge in [0.15, 0.2) is 15.4 Å². The molecule has 0 aliphatic heterocycles. The summed E-state index contributed by atoms with van der Waals surface area (Å²) in [5.41, 5.74) is 2.73. The number of carbonyl (C=O) groups is 2. The molecule has 0 saturated carbocycles. The van der Waals surface area contributed by atoms with Gasteiger partial charge in [-0.3, -0.25) is 15.0 Å². The molecule has 0 aliphatic carbocycles. The van der Waals surface area contributed by atoms with Crippen LogP contribution in [0.3, 0.4) is 0 Å². The standard InChI is InChI=1S/C9H12N4O3S2/c1-3-16-8(15)7(6(2)14)18-9(17)12-13-4-10-11-5-13/h4-5,7H,3H2,1-2H3,(H,12,17)/t7-/m1/s1. The Hall–Kier alpha value is -1.48. The van der Waals surface area contributed by atoms with E-state index in [1.807, 2.05) is 0 Å². The summed E-state index contributed by atoms with van der Waals surface area (Å²) in [6.07, 6.45) is 2.81. The molecular weight excluding hydrogens is 276 g/mol. The SMILES string of the molecule is CCOC(=O)[C@H](SC(=S)Nn1cnnc1)C(C)=O. The molecule has 98 valence electrons. The monoisotopic (exact) mass is 288 g/mol. The van der Waals surface area contributed by atoms with Gasteiger partial charge in [0.2, 0.25) is 0 Å². The predicted octanol–water partition coefficient (Wildman–Crippen LogP) is 0.360. The number of rotatable bonds is 5. The Labute approximate surface area is 113 Å². The smallest absolute Gasteiger partial charge is 0.327 e. The van der Waals surface area contributed by atoms with Crippen molar-refractivity contribution in [2.24, 2.45) is 0 Å². The highest BCUT2D eigenvalue weighted by Crippen LogP contribution is 2.15. The van der Waals surface area contributed by atoms with E-state index in [1.165, 1.54) is 24.3 Å². The molecule has 1 aromatic rings. The zero-order valence-electron chi connectivity index (χ0n) is 9.82. The van der Waals surface area contributed by atoms with Gasteiger partial charge in [0.05, 0.1) is 6.61 Å². The van der Waals surface area contributed by atoms with Crippen LogP contribution in [0, 0.1) is 0 Å². The van der Waals surface area contributed by atoms with Crippen molar-refractivity contribution in [2.45, 2.75) is 19.1 Å². The lowest BCUT2D eigenvalue weighted by Gasteiger charge is -2.13. The predicted molar refractivity (Wildman–Crippen MR) is 70.7 cm³/mol. The van der Waals surface area contributed by atoms with E-state index in [4.69, 9.17) is 17.0 Å². The molecule has 9 heteroatoms. The molecule has 0 spiro atoms. The van der Waals surface area contributed by atoms with Crippen molar-refractivity contribution in [1.29, 1.82) is 0 Å². The lowest BCUT2D eigenvalue weighted by Crippen LogP contribution is -2.30. The van der Waals surface area contributed by atoms with Gasteiger partial charge in [0.1, 0.15) is 12.7 Å². The molecule has 0 aromatic carbocycles. The Morgan fingerprint density at radius 2 is 2.11 bits per heavy atom. The minimum absolute atomic E-state index is 0.217. The molecule has 1 N–H and O–H groups in total. The normalized spacial score (nSPS) is 11.7. The third-order valence-corrected chi connectivity index (χ3v) is 3.18. The maximum atomic E-state index is 11.5. The van der Waals surface area contributed by atoms with E-state index < -0.39 is 11.2 Å². The number of hydrogen-bond acceptors (Lipinski definition) is 7. The Bertz CT molecular complexity index is 435. The first-order valence-electron chi connectivity index (χ1n) is 5.04. The average molecular weight is 288 g/mol. The first kappa shape index (κ1) is 14.6. The lowest BCUT2D eigenvalue weighted by atomic mass is 10.3. The topological polar surface area (TPSA) is 86.1 Å². The van der Waals surface area contributed by atoms with Crippen LogP contribution in [0.25, 0.3) is 0 Å². The van der Waals surface area contributed by atoms with Crippen molar-refractivity contribution in [3.05, 3.63) is 12.7 Å². The van der Waals surface area contributed by atoms with Gasteiger partial charge in [-0.15, -0.1) is 10.2 Å². The van der Waals surface area contributed by atoms with Crippen LogP contribution in [0.15, 0.2) is 12.7 Å². The van der Waals surface area contributed by atoms with Gasteiger partial charge in [-0.2, -0.15) is 0 Å². The van der Waals surface area contributed by atoms with E-state index >= 15 is 0 Å². The Morgan fingerprint density at radius 1 is 1.50 bits per heavy atom. The summed E-state index contributed by atoms with van der Waals surface area (Å²) in [5, 5.41) is 6.20. The van der Waals surface area contributed by atoms with Crippen LogP contribution < -0.4 is 5.43 Å². The number of Topliss-reactive ketones (excluding diaryl/α,β-unsaturated/α-hetero) is 1. The van der Waals surface area contributed by atoms with Crippen molar-refractivity contribution < 1.29 is 14.3 Å². The van der Waals surface area contributed by atoms with Crippen molar-refractivity contribution in [1.82, 2.24) is 14.9 Å². The fourth-order valence-corrected chi connectivity index (χ4v) is 2.11. The average Bonchev–Trinajstić information content (AvgIpc) is 2.78. The zero-order chi connectivity index (χ0) is 13.5. The molecule has 0 unspecified atom stereocenters. The maximum absolute atomic E-state index is 11.5. The highest BCUT2D eigenvalue weighted by atomic mass is 32.2. The number of nitrogens with one attached hydrogen (secondary N) is 1. The van der Waals surface area contributed by atoms with Crippen LogP contribution in [0.4, 0.5) is 0 Å². The molecule has 1 atom stereocenters. The summed E-state index contributed by atoms with van der Waals surface area (Å²) < 4.78 is 6.47. The van der Waals surface area contributed by atoms with E-state index in [9.17, 15) is 9.59 Å². The summed E-state index contributed by atoms with van der Waals surface area (Å²) in [6.45, 7) is 3.21. The quantitative estimate of drug-likeness (QED) is 0.472. The van der Waals surface area contributed by atoms with Gasteiger partial charge in [-0.1, -0.05) is 24.0 Å². The molecule has 1 rings (SSSR count). The number of ether oxygens (including phenoxy) is 1. The molecule has 18 heavy (non-hydrogen) atoms. The van der Waals surface area contributed by atoms with E-state index in [2.05, 4.69) is 15.6 Å². The number of hydrogen-bond donors (Lipinski definition) is 1. The van der Waals surface area contributed by atoms with Gasteiger partial charge in [-0.05, 0) is 13.8 Å². The number of aromatic nitrogens is 3. The Morgan fingerprint density at radius 3 is 2.61 bits per heavy atom. The van der Waals surface area contributed by atoms with E-state index in [1.54, 1.807) is 6.92 Å². The fraction of sp³-hybridized carbons (Fsp3) is 0.444. The van der Waals surface area contributed by atoms with Crippen molar-refractivity contribution in [3.63, 3.8) is 0 Å². The van der Waals surface area contributed by atoms with Crippen LogP contribution in [-0.4, -0.2) is 42.8 Å². The van der Waals surface area contributed by atoms with Crippen LogP contribution >= 0.6 is 24.0 Å². The first-order valence-corrected chi connectivity index (χ1v) is 6.32. The summed E-state index contributed by atoms with van der Waals surface area (Å²) >= 11 is 5.94. The fourth-order valence-electron chi connectivity index (χ4n) is 1.01. The number of carbonyl (C=O) groups excluding carboxylic acids is 2. The highest BCUT2D eigenvalue weighted by Gasteiger charge is 2.27. The van der Waals surface area contributed by atoms with Crippen molar-refractivity contribution in [2.75, 3.05) is 12.0 Å². The molecule has 7 nitrogen and oxygen atoms in total. The van der Waals surface area contributed by atoms with Crippen LogP contribution in [-0.2, 0) is 14.3 Å². The number of esters is 1. The molecule has 0 bridgehead atoms. The first-order chi connectivity index (χ1) is 8.54. The van der Waals surface area contributed by atoms with E-state index in [0.29, 0.717) is 0 Å². The molecule has 0 radical (unpaired) electrons. The van der Waals surface area contributed by atoms with Gasteiger partial charge in [0.25, 0.3) is 0 Å². The number of thiocarbonyl (C=S) groups is 1. The summed E-state index contributed by atoms with van der Waals surface area (Å²) in [5.74, 6) is -0.908. The number of thioether (sulfide) groups is 1. The molecule has 0 fully saturated rings. The Balaban J connectivity index is 2.58. The number of nitrogens with zero attached hydrogens (tertiary/aromatic N) is 3. The second-order valence-corrected chi connectivity index (χ2v) is 4.91. The van der Waals surface area contributed by atoms with E-state index in [0.717, 1.165) is 11.8 Å². The molecule has 0 aliphatic rings. The minimum Gasteiger partial charge on any atom is -0.465 e. The summed E-state index contributed by atoms with van der Waals surface area (Å²) in [4.78, 5) is 22.9. The molecule has 1 aromatic heterocycles. The third-order valence-electron chi connectivity index (χ3n) is 1.73. The van der Waals surface area contributed by atoms with E-state index in [-0.39, 0.29) is 16.7 Å². The van der Waals surface area contributed by atoms with Gasteiger partial charge in [0, 0.05) is 0 Å². The maximum Gasteiger partial charge on any atom is 0.327 e. The molecule has 1 heterocycles. The van der Waals surface area contributed by atoms with Crippen LogP contribution in [0.5, 0.6) is 0 Å². The van der Waals surface area contributed by atoms with Crippen molar-refractivity contribution >= 4 is 40.1 Å². The second-order valence-electron chi connectivity index (χ2n) is 3.13. The third kappa shape index (κ3) is 4.41. The Kier molecular flexibility index (Phi) is 5.72. The van der Waals surface area contributed by atoms with Crippen molar-refractivity contribution in [3.8, 4) is 0 Å². The highest BCUT2D eigenvalue weighted by molar-refractivity contribution is 8.24. The molecular formula is C9H12N4O3S2. The molecule has 0 saturated heterocycles. The van der Waals surface area contributed by atoms with Crippen LogP contribution in [0.1, 0.15) is 13.8 Å². The van der Waals surface area contributed by atoms with Crippen LogP contribution in [0.2, 0.25) is 0 Å². The second kappa shape index (κ2) is 7.07. The van der Waals surface area contributed by atoms with Gasteiger partial charge >= 0.3 is 5.97 Å². The minimum atomic E-state index is -0.957. The molecule has 0 amide bonds. The number of ketones is 1. The largest absolute Gasteiger partial charge is 0.465 e. The summed E-state index contributed by atoms with van der Waals surface area (Å²) in [6, 6.07) is 0. The summed E-state index contributed by atoms with van der Waals surface area (Å²) in [7, 11) is 0. The van der Waals surface area contributed by atoms with Gasteiger partial charge in [-0.25, -0.2) is 4.68 Å².